The maximum absolute atomic E-state index is 12.9. The number of fused-ring (bicyclic) bond motifs is 1. The van der Waals surface area contributed by atoms with Gasteiger partial charge in [0.25, 0.3) is 5.56 Å². The Morgan fingerprint density at radius 3 is 2.70 bits per heavy atom. The summed E-state index contributed by atoms with van der Waals surface area (Å²) in [5.41, 5.74) is 3.32. The van der Waals surface area contributed by atoms with Crippen molar-refractivity contribution in [3.8, 4) is 0 Å². The van der Waals surface area contributed by atoms with Crippen LogP contribution in [0.25, 0.3) is 10.9 Å². The largest absolute Gasteiger partial charge is 0.385 e. The molecule has 0 spiro atoms. The molecule has 160 valence electrons. The lowest BCUT2D eigenvalue weighted by Crippen LogP contribution is -2.23. The number of halogens is 1. The van der Waals surface area contributed by atoms with Crippen LogP contribution in [0.1, 0.15) is 35.1 Å². The molecular formula is C22H26BrN3O3S. The lowest BCUT2D eigenvalue weighted by atomic mass is 10.2. The fraction of sp³-hybridized carbons (Fsp3) is 0.409. The smallest absolute Gasteiger partial charge is 0.262 e. The molecule has 3 aromatic rings. The van der Waals surface area contributed by atoms with Gasteiger partial charge in [-0.05, 0) is 51.5 Å². The average molecular weight is 492 g/mol. The van der Waals surface area contributed by atoms with E-state index in [9.17, 15) is 9.59 Å². The first-order chi connectivity index (χ1) is 14.4. The molecule has 0 unspecified atom stereocenters. The summed E-state index contributed by atoms with van der Waals surface area (Å²) in [6.45, 7) is 7.91. The Morgan fingerprint density at radius 2 is 2.00 bits per heavy atom. The molecule has 2 aromatic heterocycles. The van der Waals surface area contributed by atoms with E-state index >= 15 is 0 Å². The minimum absolute atomic E-state index is 0.0406. The van der Waals surface area contributed by atoms with E-state index in [1.165, 1.54) is 11.8 Å². The fourth-order valence-corrected chi connectivity index (χ4v) is 4.87. The SMILES string of the molecule is CCn1c(SCC(=O)c2cc(C)n(CCCOC)c2C)nc2ccc(Br)cc2c1=O. The molecule has 0 bridgehead atoms. The highest BCUT2D eigenvalue weighted by Crippen LogP contribution is 2.23. The second-order valence-electron chi connectivity index (χ2n) is 7.10. The molecule has 30 heavy (non-hydrogen) atoms. The van der Waals surface area contributed by atoms with Crippen LogP contribution in [-0.2, 0) is 17.8 Å². The van der Waals surface area contributed by atoms with Crippen LogP contribution in [-0.4, -0.2) is 39.4 Å². The van der Waals surface area contributed by atoms with E-state index in [1.807, 2.05) is 39.0 Å². The second kappa shape index (κ2) is 9.94. The molecule has 2 heterocycles. The van der Waals surface area contributed by atoms with Crippen LogP contribution in [0.4, 0.5) is 0 Å². The number of rotatable bonds is 9. The molecule has 0 fully saturated rings. The summed E-state index contributed by atoms with van der Waals surface area (Å²) in [5.74, 6) is 0.274. The summed E-state index contributed by atoms with van der Waals surface area (Å²) in [5, 5.41) is 1.14. The van der Waals surface area contributed by atoms with Gasteiger partial charge in [-0.2, -0.15) is 0 Å². The van der Waals surface area contributed by atoms with Gasteiger partial charge >= 0.3 is 0 Å². The van der Waals surface area contributed by atoms with Gasteiger partial charge in [-0.3, -0.25) is 14.2 Å². The zero-order valence-corrected chi connectivity index (χ0v) is 20.1. The van der Waals surface area contributed by atoms with Crippen molar-refractivity contribution in [3.05, 3.63) is 56.0 Å². The molecule has 0 saturated heterocycles. The summed E-state index contributed by atoms with van der Waals surface area (Å²) >= 11 is 4.72. The Hall–Kier alpha value is -1.90. The number of nitrogens with zero attached hydrogens (tertiary/aromatic N) is 3. The van der Waals surface area contributed by atoms with Gasteiger partial charge in [0.2, 0.25) is 0 Å². The molecule has 0 aliphatic heterocycles. The van der Waals surface area contributed by atoms with E-state index in [1.54, 1.807) is 17.7 Å². The van der Waals surface area contributed by atoms with Crippen molar-refractivity contribution in [1.82, 2.24) is 14.1 Å². The summed E-state index contributed by atoms with van der Waals surface area (Å²) in [6.07, 6.45) is 0.898. The molecule has 0 saturated carbocycles. The molecule has 8 heteroatoms. The Labute approximate surface area is 188 Å². The minimum Gasteiger partial charge on any atom is -0.385 e. The normalized spacial score (nSPS) is 11.4. The lowest BCUT2D eigenvalue weighted by molar-refractivity contribution is 0.102. The number of aromatic nitrogens is 3. The minimum atomic E-state index is -0.0879. The van der Waals surface area contributed by atoms with Crippen molar-refractivity contribution in [2.75, 3.05) is 19.5 Å². The van der Waals surface area contributed by atoms with Crippen molar-refractivity contribution in [3.63, 3.8) is 0 Å². The number of hydrogen-bond donors (Lipinski definition) is 0. The van der Waals surface area contributed by atoms with Crippen LogP contribution in [0.2, 0.25) is 0 Å². The van der Waals surface area contributed by atoms with Gasteiger partial charge in [0.1, 0.15) is 0 Å². The van der Waals surface area contributed by atoms with E-state index < -0.39 is 0 Å². The first-order valence-electron chi connectivity index (χ1n) is 9.89. The number of methoxy groups -OCH3 is 1. The van der Waals surface area contributed by atoms with Crippen molar-refractivity contribution in [1.29, 1.82) is 0 Å². The third-order valence-electron chi connectivity index (χ3n) is 5.13. The van der Waals surface area contributed by atoms with Crippen LogP contribution in [0.15, 0.2) is 38.7 Å². The molecule has 0 atom stereocenters. The summed E-state index contributed by atoms with van der Waals surface area (Å²) in [6, 6.07) is 7.42. The highest BCUT2D eigenvalue weighted by molar-refractivity contribution is 9.10. The van der Waals surface area contributed by atoms with Crippen molar-refractivity contribution >= 4 is 44.4 Å². The van der Waals surface area contributed by atoms with Gasteiger partial charge in [-0.15, -0.1) is 0 Å². The number of thioether (sulfide) groups is 1. The molecule has 6 nitrogen and oxygen atoms in total. The molecule has 0 aliphatic rings. The quantitative estimate of drug-likeness (QED) is 0.189. The van der Waals surface area contributed by atoms with E-state index in [4.69, 9.17) is 4.74 Å². The molecule has 0 N–H and O–H groups in total. The molecule has 0 radical (unpaired) electrons. The van der Waals surface area contributed by atoms with E-state index in [-0.39, 0.29) is 17.1 Å². The maximum Gasteiger partial charge on any atom is 0.262 e. The molecule has 0 amide bonds. The predicted octanol–water partition coefficient (Wildman–Crippen LogP) is 4.61. The lowest BCUT2D eigenvalue weighted by Gasteiger charge is -2.11. The standard InChI is InChI=1S/C22H26BrN3O3S/c1-5-25-21(28)18-12-16(23)7-8-19(18)24-22(25)30-13-20(27)17-11-14(2)26(15(17)3)9-6-10-29-4/h7-8,11-12H,5-6,9-10,13H2,1-4H3. The number of ketones is 1. The summed E-state index contributed by atoms with van der Waals surface area (Å²) < 4.78 is 9.76. The number of Topliss-reactive ketones (excluding diaryl/α,β-unsaturated/α-hetero) is 1. The van der Waals surface area contributed by atoms with E-state index in [2.05, 4.69) is 25.5 Å². The Morgan fingerprint density at radius 1 is 1.23 bits per heavy atom. The number of carbonyl (C=O) groups is 1. The topological polar surface area (TPSA) is 66.1 Å². The highest BCUT2D eigenvalue weighted by atomic mass is 79.9. The first kappa shape index (κ1) is 22.8. The number of ether oxygens (including phenoxy) is 1. The molecule has 3 rings (SSSR count). The Bertz CT molecular complexity index is 1140. The van der Waals surface area contributed by atoms with Crippen molar-refractivity contribution in [2.45, 2.75) is 45.4 Å². The van der Waals surface area contributed by atoms with Crippen LogP contribution in [0.3, 0.4) is 0 Å². The van der Waals surface area contributed by atoms with Crippen molar-refractivity contribution in [2.24, 2.45) is 0 Å². The highest BCUT2D eigenvalue weighted by Gasteiger charge is 2.18. The molecule has 1 aromatic carbocycles. The molecule has 0 aliphatic carbocycles. The number of aryl methyl sites for hydroxylation is 1. The number of hydrogen-bond acceptors (Lipinski definition) is 5. The van der Waals surface area contributed by atoms with Crippen LogP contribution >= 0.6 is 27.7 Å². The second-order valence-corrected chi connectivity index (χ2v) is 8.96. The van der Waals surface area contributed by atoms with Gasteiger partial charge in [0.15, 0.2) is 10.9 Å². The number of carbonyl (C=O) groups excluding carboxylic acids is 1. The van der Waals surface area contributed by atoms with Gasteiger partial charge in [-0.1, -0.05) is 27.7 Å². The summed E-state index contributed by atoms with van der Waals surface area (Å²) in [4.78, 5) is 30.5. The van der Waals surface area contributed by atoms with Crippen LogP contribution in [0.5, 0.6) is 0 Å². The van der Waals surface area contributed by atoms with Gasteiger partial charge in [0, 0.05) is 48.2 Å². The Balaban J connectivity index is 1.83. The third-order valence-corrected chi connectivity index (χ3v) is 6.60. The van der Waals surface area contributed by atoms with Gasteiger partial charge in [-0.25, -0.2) is 4.98 Å². The zero-order valence-electron chi connectivity index (χ0n) is 17.7. The van der Waals surface area contributed by atoms with E-state index in [0.717, 1.165) is 34.4 Å². The monoisotopic (exact) mass is 491 g/mol. The summed E-state index contributed by atoms with van der Waals surface area (Å²) in [7, 11) is 1.69. The Kier molecular flexibility index (Phi) is 7.55. The zero-order chi connectivity index (χ0) is 21.8. The molecular weight excluding hydrogens is 466 g/mol. The van der Waals surface area contributed by atoms with Crippen LogP contribution in [0, 0.1) is 13.8 Å². The number of benzene rings is 1. The van der Waals surface area contributed by atoms with Crippen LogP contribution < -0.4 is 5.56 Å². The first-order valence-corrected chi connectivity index (χ1v) is 11.7. The van der Waals surface area contributed by atoms with Gasteiger partial charge < -0.3 is 9.30 Å². The van der Waals surface area contributed by atoms with E-state index in [0.29, 0.717) is 29.2 Å². The fourth-order valence-electron chi connectivity index (χ4n) is 3.56. The predicted molar refractivity (Wildman–Crippen MR) is 125 cm³/mol. The third kappa shape index (κ3) is 4.71. The maximum atomic E-state index is 12.9. The average Bonchev–Trinajstić information content (AvgIpc) is 3.01. The van der Waals surface area contributed by atoms with Gasteiger partial charge in [0.05, 0.1) is 16.7 Å². The van der Waals surface area contributed by atoms with Crippen molar-refractivity contribution < 1.29 is 9.53 Å².